The highest BCUT2D eigenvalue weighted by Crippen LogP contribution is 2.18. The third-order valence-corrected chi connectivity index (χ3v) is 2.85. The Balaban J connectivity index is 2.49. The van der Waals surface area contributed by atoms with Crippen LogP contribution < -0.4 is 5.43 Å². The van der Waals surface area contributed by atoms with E-state index in [0.717, 1.165) is 0 Å². The standard InChI is InChI=1S/C14H9NO3/c1-8(16)9-4-5-12-11(7-9)13(17)10-3-2-6-15-14(10)18-12/h2-7H,1H3. The zero-order valence-electron chi connectivity index (χ0n) is 9.64. The van der Waals surface area contributed by atoms with Crippen LogP contribution in [-0.4, -0.2) is 10.8 Å². The first-order valence-corrected chi connectivity index (χ1v) is 5.49. The van der Waals surface area contributed by atoms with Crippen LogP contribution in [0.5, 0.6) is 0 Å². The maximum Gasteiger partial charge on any atom is 0.230 e. The number of fused-ring (bicyclic) bond motifs is 2. The average Bonchev–Trinajstić information content (AvgIpc) is 2.38. The van der Waals surface area contributed by atoms with Crippen molar-refractivity contribution in [2.24, 2.45) is 0 Å². The number of carbonyl (C=O) groups is 1. The van der Waals surface area contributed by atoms with Gasteiger partial charge in [0.25, 0.3) is 0 Å². The summed E-state index contributed by atoms with van der Waals surface area (Å²) in [5.74, 6) is -0.0809. The fourth-order valence-electron chi connectivity index (χ4n) is 1.91. The highest BCUT2D eigenvalue weighted by molar-refractivity contribution is 5.98. The molecule has 1 aromatic carbocycles. The van der Waals surface area contributed by atoms with E-state index in [0.29, 0.717) is 27.6 Å². The minimum atomic E-state index is -0.164. The molecule has 4 nitrogen and oxygen atoms in total. The van der Waals surface area contributed by atoms with Crippen molar-refractivity contribution in [3.63, 3.8) is 0 Å². The highest BCUT2D eigenvalue weighted by Gasteiger charge is 2.09. The SMILES string of the molecule is CC(=O)c1ccc2oc3ncccc3c(=O)c2c1. The summed E-state index contributed by atoms with van der Waals surface area (Å²) in [5.41, 5.74) is 1.09. The predicted molar refractivity (Wildman–Crippen MR) is 67.8 cm³/mol. The lowest BCUT2D eigenvalue weighted by Gasteiger charge is -2.01. The Labute approximate surface area is 102 Å². The van der Waals surface area contributed by atoms with E-state index in [1.807, 2.05) is 0 Å². The molecule has 0 atom stereocenters. The summed E-state index contributed by atoms with van der Waals surface area (Å²) in [6, 6.07) is 8.17. The van der Waals surface area contributed by atoms with Gasteiger partial charge in [0.2, 0.25) is 11.1 Å². The third kappa shape index (κ3) is 1.50. The molecule has 0 aliphatic carbocycles. The molecule has 0 spiro atoms. The lowest BCUT2D eigenvalue weighted by molar-refractivity contribution is 0.101. The summed E-state index contributed by atoms with van der Waals surface area (Å²) < 4.78 is 5.54. The second kappa shape index (κ2) is 3.77. The molecule has 4 heteroatoms. The maximum absolute atomic E-state index is 12.3. The number of pyridine rings is 1. The summed E-state index contributed by atoms with van der Waals surface area (Å²) in [6.45, 7) is 1.46. The molecule has 3 aromatic rings. The van der Waals surface area contributed by atoms with Gasteiger partial charge in [0, 0.05) is 11.8 Å². The molecular formula is C14H9NO3. The molecule has 0 unspecified atom stereocenters. The van der Waals surface area contributed by atoms with Crippen molar-refractivity contribution in [1.82, 2.24) is 4.98 Å². The molecule has 2 aromatic heterocycles. The number of rotatable bonds is 1. The molecular weight excluding hydrogens is 230 g/mol. The van der Waals surface area contributed by atoms with Crippen molar-refractivity contribution in [2.75, 3.05) is 0 Å². The van der Waals surface area contributed by atoms with Gasteiger partial charge in [-0.2, -0.15) is 0 Å². The Bertz CT molecular complexity index is 833. The van der Waals surface area contributed by atoms with Gasteiger partial charge in [-0.05, 0) is 37.3 Å². The molecule has 0 amide bonds. The summed E-state index contributed by atoms with van der Waals surface area (Å²) in [5, 5.41) is 0.828. The van der Waals surface area contributed by atoms with E-state index in [4.69, 9.17) is 4.42 Å². The van der Waals surface area contributed by atoms with Crippen molar-refractivity contribution < 1.29 is 9.21 Å². The summed E-state index contributed by atoms with van der Waals surface area (Å²) >= 11 is 0. The molecule has 2 heterocycles. The van der Waals surface area contributed by atoms with Crippen molar-refractivity contribution >= 4 is 27.9 Å². The van der Waals surface area contributed by atoms with E-state index < -0.39 is 0 Å². The number of aromatic nitrogens is 1. The van der Waals surface area contributed by atoms with Gasteiger partial charge in [-0.1, -0.05) is 0 Å². The van der Waals surface area contributed by atoms with Crippen LogP contribution in [0.1, 0.15) is 17.3 Å². The van der Waals surface area contributed by atoms with Gasteiger partial charge in [-0.15, -0.1) is 0 Å². The van der Waals surface area contributed by atoms with Gasteiger partial charge in [0.05, 0.1) is 10.8 Å². The Morgan fingerprint density at radius 3 is 2.83 bits per heavy atom. The molecule has 0 fully saturated rings. The van der Waals surface area contributed by atoms with E-state index in [-0.39, 0.29) is 11.2 Å². The van der Waals surface area contributed by atoms with Crippen LogP contribution in [0.4, 0.5) is 0 Å². The van der Waals surface area contributed by atoms with E-state index >= 15 is 0 Å². The van der Waals surface area contributed by atoms with Crippen molar-refractivity contribution in [3.05, 3.63) is 52.3 Å². The smallest absolute Gasteiger partial charge is 0.230 e. The Kier molecular flexibility index (Phi) is 2.23. The van der Waals surface area contributed by atoms with Crippen LogP contribution >= 0.6 is 0 Å². The van der Waals surface area contributed by atoms with Crippen LogP contribution in [0.25, 0.3) is 22.1 Å². The fraction of sp³-hybridized carbons (Fsp3) is 0.0714. The van der Waals surface area contributed by atoms with Crippen LogP contribution in [0.15, 0.2) is 45.7 Å². The van der Waals surface area contributed by atoms with Crippen LogP contribution in [0.3, 0.4) is 0 Å². The molecule has 88 valence electrons. The molecule has 0 radical (unpaired) electrons. The Morgan fingerprint density at radius 2 is 2.06 bits per heavy atom. The molecule has 0 aliphatic rings. The monoisotopic (exact) mass is 239 g/mol. The zero-order valence-corrected chi connectivity index (χ0v) is 9.64. The number of hydrogen-bond acceptors (Lipinski definition) is 4. The summed E-state index contributed by atoms with van der Waals surface area (Å²) in [7, 11) is 0. The minimum Gasteiger partial charge on any atom is -0.437 e. The second-order valence-corrected chi connectivity index (χ2v) is 4.05. The lowest BCUT2D eigenvalue weighted by Crippen LogP contribution is -2.04. The molecule has 3 rings (SSSR count). The maximum atomic E-state index is 12.3. The number of nitrogens with zero attached hydrogens (tertiary/aromatic N) is 1. The van der Waals surface area contributed by atoms with Gasteiger partial charge < -0.3 is 4.42 Å². The van der Waals surface area contributed by atoms with E-state index in [1.54, 1.807) is 36.5 Å². The van der Waals surface area contributed by atoms with E-state index in [1.165, 1.54) is 6.92 Å². The van der Waals surface area contributed by atoms with Crippen molar-refractivity contribution in [1.29, 1.82) is 0 Å². The van der Waals surface area contributed by atoms with E-state index in [2.05, 4.69) is 4.98 Å². The molecule has 0 saturated carbocycles. The van der Waals surface area contributed by atoms with Crippen molar-refractivity contribution in [3.8, 4) is 0 Å². The highest BCUT2D eigenvalue weighted by atomic mass is 16.3. The van der Waals surface area contributed by atoms with Gasteiger partial charge in [0.1, 0.15) is 5.58 Å². The van der Waals surface area contributed by atoms with Crippen LogP contribution in [-0.2, 0) is 0 Å². The average molecular weight is 239 g/mol. The number of Topliss-reactive ketones (excluding diaryl/α,β-unsaturated/α-hetero) is 1. The topological polar surface area (TPSA) is 60.2 Å². The lowest BCUT2D eigenvalue weighted by atomic mass is 10.1. The number of carbonyl (C=O) groups excluding carboxylic acids is 1. The third-order valence-electron chi connectivity index (χ3n) is 2.85. The molecule has 0 aliphatic heterocycles. The largest absolute Gasteiger partial charge is 0.437 e. The summed E-state index contributed by atoms with van der Waals surface area (Å²) in [4.78, 5) is 27.6. The fourth-order valence-corrected chi connectivity index (χ4v) is 1.91. The van der Waals surface area contributed by atoms with Gasteiger partial charge in [-0.25, -0.2) is 4.98 Å². The zero-order chi connectivity index (χ0) is 12.7. The molecule has 0 saturated heterocycles. The van der Waals surface area contributed by atoms with Crippen molar-refractivity contribution in [2.45, 2.75) is 6.92 Å². The number of hydrogen-bond donors (Lipinski definition) is 0. The van der Waals surface area contributed by atoms with Gasteiger partial charge in [-0.3, -0.25) is 9.59 Å². The quantitative estimate of drug-likeness (QED) is 0.483. The van der Waals surface area contributed by atoms with Crippen LogP contribution in [0.2, 0.25) is 0 Å². The Morgan fingerprint density at radius 1 is 1.22 bits per heavy atom. The first-order chi connectivity index (χ1) is 8.66. The van der Waals surface area contributed by atoms with E-state index in [9.17, 15) is 9.59 Å². The normalized spacial score (nSPS) is 10.9. The van der Waals surface area contributed by atoms with Gasteiger partial charge in [0.15, 0.2) is 5.78 Å². The summed E-state index contributed by atoms with van der Waals surface area (Å²) in [6.07, 6.45) is 1.57. The predicted octanol–water partition coefficient (Wildman–Crippen LogP) is 2.54. The first-order valence-electron chi connectivity index (χ1n) is 5.49. The number of ketones is 1. The molecule has 18 heavy (non-hydrogen) atoms. The van der Waals surface area contributed by atoms with Gasteiger partial charge >= 0.3 is 0 Å². The number of benzene rings is 1. The molecule has 0 bridgehead atoms. The second-order valence-electron chi connectivity index (χ2n) is 4.05. The van der Waals surface area contributed by atoms with Crippen LogP contribution in [0, 0.1) is 0 Å². The first kappa shape index (κ1) is 10.7. The Hall–Kier alpha value is -2.49. The minimum absolute atomic E-state index is 0.0809. The molecule has 0 N–H and O–H groups in total.